The second kappa shape index (κ2) is 6.29. The largest absolute Gasteiger partial charge is 0.496 e. The Morgan fingerprint density at radius 3 is 2.48 bits per heavy atom. The van der Waals surface area contributed by atoms with Gasteiger partial charge in [0, 0.05) is 16.8 Å². The first-order valence-electron chi connectivity index (χ1n) is 7.01. The summed E-state index contributed by atoms with van der Waals surface area (Å²) >= 11 is 9.44. The van der Waals surface area contributed by atoms with Gasteiger partial charge >= 0.3 is 0 Å². The maximum absolute atomic E-state index is 5.93. The molecule has 0 saturated heterocycles. The van der Waals surface area contributed by atoms with Crippen LogP contribution in [0.3, 0.4) is 0 Å². The van der Waals surface area contributed by atoms with E-state index in [9.17, 15) is 0 Å². The van der Waals surface area contributed by atoms with Crippen LogP contribution in [0.15, 0.2) is 46.9 Å². The molecular formula is C17H17BrClNO. The van der Waals surface area contributed by atoms with Gasteiger partial charge in [-0.25, -0.2) is 0 Å². The molecule has 0 spiro atoms. The second-order valence-corrected chi connectivity index (χ2v) is 6.70. The Hall–Kier alpha value is -1.19. The fourth-order valence-corrected chi connectivity index (χ4v) is 3.40. The number of ether oxygens (including phenoxy) is 1. The van der Waals surface area contributed by atoms with Crippen LogP contribution in [0.25, 0.3) is 0 Å². The van der Waals surface area contributed by atoms with Crippen molar-refractivity contribution in [1.29, 1.82) is 0 Å². The van der Waals surface area contributed by atoms with Crippen LogP contribution in [0.1, 0.15) is 24.3 Å². The lowest BCUT2D eigenvalue weighted by Crippen LogP contribution is -2.33. The third kappa shape index (κ3) is 3.35. The standard InChI is InChI=1S/C17H17BrClNO/c1-21-17-7-6-14(10-16(17)18)20-15-8-12(9-15)11-2-4-13(19)5-3-11/h2-7,10,12,15,20H,8-9H2,1H3. The highest BCUT2D eigenvalue weighted by Gasteiger charge is 2.30. The van der Waals surface area contributed by atoms with Gasteiger partial charge in [0.1, 0.15) is 5.75 Å². The molecular weight excluding hydrogens is 350 g/mol. The number of methoxy groups -OCH3 is 1. The summed E-state index contributed by atoms with van der Waals surface area (Å²) in [6, 6.07) is 14.8. The highest BCUT2D eigenvalue weighted by Crippen LogP contribution is 2.39. The molecule has 0 heterocycles. The molecule has 1 N–H and O–H groups in total. The zero-order chi connectivity index (χ0) is 14.8. The van der Waals surface area contributed by atoms with E-state index >= 15 is 0 Å². The molecule has 0 unspecified atom stereocenters. The number of rotatable bonds is 4. The molecule has 1 aliphatic rings. The SMILES string of the molecule is COc1ccc(NC2CC(c3ccc(Cl)cc3)C2)cc1Br. The molecule has 1 fully saturated rings. The highest BCUT2D eigenvalue weighted by molar-refractivity contribution is 9.10. The maximum atomic E-state index is 5.93. The molecule has 1 aliphatic carbocycles. The zero-order valence-corrected chi connectivity index (χ0v) is 14.1. The lowest BCUT2D eigenvalue weighted by atomic mass is 9.76. The van der Waals surface area contributed by atoms with E-state index < -0.39 is 0 Å². The van der Waals surface area contributed by atoms with Gasteiger partial charge in [0.15, 0.2) is 0 Å². The molecule has 2 aromatic carbocycles. The first-order chi connectivity index (χ1) is 10.2. The van der Waals surface area contributed by atoms with E-state index in [0.717, 1.165) is 33.8 Å². The lowest BCUT2D eigenvalue weighted by Gasteiger charge is -2.37. The summed E-state index contributed by atoms with van der Waals surface area (Å²) < 4.78 is 6.22. The van der Waals surface area contributed by atoms with E-state index in [1.807, 2.05) is 18.2 Å². The summed E-state index contributed by atoms with van der Waals surface area (Å²) in [5, 5.41) is 4.37. The van der Waals surface area contributed by atoms with Crippen molar-refractivity contribution in [1.82, 2.24) is 0 Å². The van der Waals surface area contributed by atoms with Crippen LogP contribution >= 0.6 is 27.5 Å². The zero-order valence-electron chi connectivity index (χ0n) is 11.8. The Kier molecular flexibility index (Phi) is 4.41. The van der Waals surface area contributed by atoms with Crippen LogP contribution < -0.4 is 10.1 Å². The first-order valence-corrected chi connectivity index (χ1v) is 8.18. The number of hydrogen-bond acceptors (Lipinski definition) is 2. The van der Waals surface area contributed by atoms with E-state index in [0.29, 0.717) is 12.0 Å². The quantitative estimate of drug-likeness (QED) is 0.774. The van der Waals surface area contributed by atoms with Gasteiger partial charge in [0.05, 0.1) is 11.6 Å². The summed E-state index contributed by atoms with van der Waals surface area (Å²) in [5.74, 6) is 1.50. The van der Waals surface area contributed by atoms with Crippen molar-refractivity contribution in [2.24, 2.45) is 0 Å². The molecule has 2 nitrogen and oxygen atoms in total. The molecule has 0 aromatic heterocycles. The van der Waals surface area contributed by atoms with Crippen LogP contribution in [-0.4, -0.2) is 13.2 Å². The van der Waals surface area contributed by atoms with Gasteiger partial charge < -0.3 is 10.1 Å². The molecule has 1 saturated carbocycles. The number of hydrogen-bond donors (Lipinski definition) is 1. The highest BCUT2D eigenvalue weighted by atomic mass is 79.9. The first kappa shape index (κ1) is 14.7. The van der Waals surface area contributed by atoms with Crippen molar-refractivity contribution < 1.29 is 4.74 Å². The normalized spacial score (nSPS) is 20.7. The van der Waals surface area contributed by atoms with Crippen LogP contribution in [0.2, 0.25) is 5.02 Å². The minimum atomic E-state index is 0.533. The molecule has 4 heteroatoms. The molecule has 0 radical (unpaired) electrons. The third-order valence-corrected chi connectivity index (χ3v) is 4.87. The van der Waals surface area contributed by atoms with Crippen LogP contribution in [0, 0.1) is 0 Å². The number of halogens is 2. The lowest BCUT2D eigenvalue weighted by molar-refractivity contribution is 0.374. The van der Waals surface area contributed by atoms with E-state index in [-0.39, 0.29) is 0 Å². The predicted octanol–water partition coefficient (Wildman–Crippen LogP) is 5.47. The van der Waals surface area contributed by atoms with E-state index in [1.165, 1.54) is 5.56 Å². The summed E-state index contributed by atoms with van der Waals surface area (Å²) in [7, 11) is 1.68. The van der Waals surface area contributed by atoms with Gasteiger partial charge in [0.25, 0.3) is 0 Å². The third-order valence-electron chi connectivity index (χ3n) is 4.00. The Bertz CT molecular complexity index is 623. The minimum absolute atomic E-state index is 0.533. The number of benzene rings is 2. The van der Waals surface area contributed by atoms with Crippen molar-refractivity contribution in [2.45, 2.75) is 24.8 Å². The molecule has 3 rings (SSSR count). The fraction of sp³-hybridized carbons (Fsp3) is 0.294. The average Bonchev–Trinajstić information content (AvgIpc) is 2.44. The van der Waals surface area contributed by atoms with Crippen molar-refractivity contribution >= 4 is 33.2 Å². The van der Waals surface area contributed by atoms with Gasteiger partial charge in [-0.15, -0.1) is 0 Å². The van der Waals surface area contributed by atoms with Crippen LogP contribution in [0.4, 0.5) is 5.69 Å². The fourth-order valence-electron chi connectivity index (χ4n) is 2.73. The van der Waals surface area contributed by atoms with E-state index in [2.05, 4.69) is 45.5 Å². The van der Waals surface area contributed by atoms with Gasteiger partial charge in [0.2, 0.25) is 0 Å². The van der Waals surface area contributed by atoms with Crippen molar-refractivity contribution in [3.05, 3.63) is 57.5 Å². The Morgan fingerprint density at radius 2 is 1.86 bits per heavy atom. The number of anilines is 1. The molecule has 0 amide bonds. The average molecular weight is 367 g/mol. The van der Waals surface area contributed by atoms with E-state index in [1.54, 1.807) is 7.11 Å². The minimum Gasteiger partial charge on any atom is -0.496 e. The molecule has 0 atom stereocenters. The van der Waals surface area contributed by atoms with Crippen LogP contribution in [0.5, 0.6) is 5.75 Å². The van der Waals surface area contributed by atoms with Gasteiger partial charge in [-0.2, -0.15) is 0 Å². The molecule has 21 heavy (non-hydrogen) atoms. The van der Waals surface area contributed by atoms with Crippen LogP contribution in [-0.2, 0) is 0 Å². The summed E-state index contributed by atoms with van der Waals surface area (Å²) in [6.45, 7) is 0. The number of nitrogens with one attached hydrogen (secondary N) is 1. The molecule has 110 valence electrons. The topological polar surface area (TPSA) is 21.3 Å². The summed E-state index contributed by atoms with van der Waals surface area (Å²) in [5.41, 5.74) is 2.51. The van der Waals surface area contributed by atoms with Gasteiger partial charge in [-0.1, -0.05) is 23.7 Å². The van der Waals surface area contributed by atoms with Crippen molar-refractivity contribution in [2.75, 3.05) is 12.4 Å². The van der Waals surface area contributed by atoms with Crippen molar-refractivity contribution in [3.8, 4) is 5.75 Å². The second-order valence-electron chi connectivity index (χ2n) is 5.41. The summed E-state index contributed by atoms with van der Waals surface area (Å²) in [6.07, 6.45) is 2.32. The van der Waals surface area contributed by atoms with Gasteiger partial charge in [-0.3, -0.25) is 0 Å². The summed E-state index contributed by atoms with van der Waals surface area (Å²) in [4.78, 5) is 0. The predicted molar refractivity (Wildman–Crippen MR) is 91.5 cm³/mol. The Morgan fingerprint density at radius 1 is 1.14 bits per heavy atom. The molecule has 2 aromatic rings. The van der Waals surface area contributed by atoms with Crippen molar-refractivity contribution in [3.63, 3.8) is 0 Å². The Labute approximate surface area is 138 Å². The maximum Gasteiger partial charge on any atom is 0.133 e. The Balaban J connectivity index is 1.57. The molecule has 0 aliphatic heterocycles. The van der Waals surface area contributed by atoms with E-state index in [4.69, 9.17) is 16.3 Å². The smallest absolute Gasteiger partial charge is 0.133 e. The molecule has 0 bridgehead atoms. The van der Waals surface area contributed by atoms with Gasteiger partial charge in [-0.05, 0) is 70.6 Å². The monoisotopic (exact) mass is 365 g/mol.